The summed E-state index contributed by atoms with van der Waals surface area (Å²) in [6, 6.07) is 10.3. The smallest absolute Gasteiger partial charge is 0.333 e. The van der Waals surface area contributed by atoms with E-state index in [1.54, 1.807) is 30.3 Å². The van der Waals surface area contributed by atoms with Gasteiger partial charge in [0.05, 0.1) is 12.8 Å². The number of rotatable bonds is 4. The third kappa shape index (κ3) is 3.74. The highest BCUT2D eigenvalue weighted by atomic mass is 79.9. The Kier molecular flexibility index (Phi) is 5.20. The van der Waals surface area contributed by atoms with Gasteiger partial charge in [-0.25, -0.2) is 9.18 Å². The first-order valence-corrected chi connectivity index (χ1v) is 7.24. The molecule has 1 unspecified atom stereocenters. The Morgan fingerprint density at radius 1 is 1.33 bits per heavy atom. The van der Waals surface area contributed by atoms with Gasteiger partial charge in [-0.15, -0.1) is 0 Å². The summed E-state index contributed by atoms with van der Waals surface area (Å²) in [7, 11) is 1.27. The van der Waals surface area contributed by atoms with Gasteiger partial charge in [0, 0.05) is 15.1 Å². The number of benzene rings is 2. The Balaban J connectivity index is 2.42. The normalized spacial score (nSPS) is 11.8. The molecule has 0 amide bonds. The van der Waals surface area contributed by atoms with E-state index in [1.807, 2.05) is 0 Å². The van der Waals surface area contributed by atoms with Crippen LogP contribution in [0.2, 0.25) is 5.02 Å². The van der Waals surface area contributed by atoms with E-state index >= 15 is 0 Å². The lowest BCUT2D eigenvalue weighted by Crippen LogP contribution is -2.23. The lowest BCUT2D eigenvalue weighted by Gasteiger charge is -2.19. The number of nitrogens with one attached hydrogen (secondary N) is 1. The van der Waals surface area contributed by atoms with Crippen LogP contribution in [-0.4, -0.2) is 13.1 Å². The minimum atomic E-state index is -0.906. The van der Waals surface area contributed by atoms with E-state index in [2.05, 4.69) is 21.2 Å². The van der Waals surface area contributed by atoms with Gasteiger partial charge in [0.1, 0.15) is 5.82 Å². The summed E-state index contributed by atoms with van der Waals surface area (Å²) in [4.78, 5) is 12.0. The summed E-state index contributed by atoms with van der Waals surface area (Å²) in [6.07, 6.45) is 0. The van der Waals surface area contributed by atoms with Crippen molar-refractivity contribution in [3.63, 3.8) is 0 Å². The Hall–Kier alpha value is -1.59. The van der Waals surface area contributed by atoms with Crippen LogP contribution in [0.15, 0.2) is 46.9 Å². The molecule has 2 aromatic rings. The third-order valence-electron chi connectivity index (χ3n) is 2.88. The van der Waals surface area contributed by atoms with Crippen molar-refractivity contribution in [2.75, 3.05) is 12.4 Å². The topological polar surface area (TPSA) is 38.3 Å². The molecule has 0 spiro atoms. The highest BCUT2D eigenvalue weighted by Crippen LogP contribution is 2.30. The number of carbonyl (C=O) groups excluding carboxylic acids is 1. The summed E-state index contributed by atoms with van der Waals surface area (Å²) in [5.74, 6) is -1.02. The zero-order valence-electron chi connectivity index (χ0n) is 11.1. The fraction of sp³-hybridized carbons (Fsp3) is 0.133. The maximum absolute atomic E-state index is 13.8. The van der Waals surface area contributed by atoms with Crippen LogP contribution >= 0.6 is 27.5 Å². The van der Waals surface area contributed by atoms with E-state index in [0.717, 1.165) is 4.47 Å². The number of hydrogen-bond donors (Lipinski definition) is 1. The minimum absolute atomic E-state index is 0.198. The predicted molar refractivity (Wildman–Crippen MR) is 83.9 cm³/mol. The van der Waals surface area contributed by atoms with E-state index in [4.69, 9.17) is 16.3 Å². The standard InChI is InChI=1S/C15H12BrClFNO2/c1-21-15(20)14(10-8-9(16)6-7-11(10)17)19-13-5-3-2-4-12(13)18/h2-8,14,19H,1H3. The van der Waals surface area contributed by atoms with Gasteiger partial charge in [0.15, 0.2) is 6.04 Å². The SMILES string of the molecule is COC(=O)C(Nc1ccccc1F)c1cc(Br)ccc1Cl. The second kappa shape index (κ2) is 6.91. The number of halogens is 3. The predicted octanol–water partition coefficient (Wildman–Crippen LogP) is 4.57. The van der Waals surface area contributed by atoms with Crippen molar-refractivity contribution in [2.45, 2.75) is 6.04 Å². The molecule has 0 fully saturated rings. The summed E-state index contributed by atoms with van der Waals surface area (Å²) >= 11 is 9.46. The van der Waals surface area contributed by atoms with Crippen molar-refractivity contribution in [3.05, 3.63) is 63.3 Å². The third-order valence-corrected chi connectivity index (χ3v) is 3.72. The summed E-state index contributed by atoms with van der Waals surface area (Å²) in [5, 5.41) is 3.21. The molecule has 2 rings (SSSR count). The van der Waals surface area contributed by atoms with Gasteiger partial charge in [-0.2, -0.15) is 0 Å². The number of hydrogen-bond acceptors (Lipinski definition) is 3. The molecular weight excluding hydrogens is 361 g/mol. The van der Waals surface area contributed by atoms with E-state index in [1.165, 1.54) is 19.2 Å². The Labute approximate surface area is 135 Å². The van der Waals surface area contributed by atoms with Gasteiger partial charge in [0.25, 0.3) is 0 Å². The summed E-state index contributed by atoms with van der Waals surface area (Å²) < 4.78 is 19.3. The van der Waals surface area contributed by atoms with E-state index in [-0.39, 0.29) is 5.69 Å². The van der Waals surface area contributed by atoms with Gasteiger partial charge in [-0.3, -0.25) is 0 Å². The lowest BCUT2D eigenvalue weighted by molar-refractivity contribution is -0.141. The van der Waals surface area contributed by atoms with Crippen LogP contribution in [-0.2, 0) is 9.53 Å². The fourth-order valence-corrected chi connectivity index (χ4v) is 2.46. The molecule has 1 atom stereocenters. The van der Waals surface area contributed by atoms with Crippen LogP contribution in [0.4, 0.5) is 10.1 Å². The van der Waals surface area contributed by atoms with Gasteiger partial charge in [0.2, 0.25) is 0 Å². The van der Waals surface area contributed by atoms with Crippen molar-refractivity contribution < 1.29 is 13.9 Å². The van der Waals surface area contributed by atoms with Crippen molar-refractivity contribution in [1.29, 1.82) is 0 Å². The number of para-hydroxylation sites is 1. The van der Waals surface area contributed by atoms with Crippen LogP contribution in [0.1, 0.15) is 11.6 Å². The van der Waals surface area contributed by atoms with Crippen molar-refractivity contribution >= 4 is 39.2 Å². The van der Waals surface area contributed by atoms with Crippen molar-refractivity contribution in [1.82, 2.24) is 0 Å². The number of ether oxygens (including phenoxy) is 1. The molecule has 3 nitrogen and oxygen atoms in total. The maximum Gasteiger partial charge on any atom is 0.333 e. The van der Waals surface area contributed by atoms with E-state index < -0.39 is 17.8 Å². The molecule has 6 heteroatoms. The molecule has 0 aliphatic rings. The molecule has 0 aromatic heterocycles. The number of anilines is 1. The van der Waals surface area contributed by atoms with Gasteiger partial charge < -0.3 is 10.1 Å². The van der Waals surface area contributed by atoms with Crippen molar-refractivity contribution in [3.8, 4) is 0 Å². The number of methoxy groups -OCH3 is 1. The molecule has 21 heavy (non-hydrogen) atoms. The summed E-state index contributed by atoms with van der Waals surface area (Å²) in [6.45, 7) is 0. The molecule has 0 aliphatic carbocycles. The molecule has 0 bridgehead atoms. The molecule has 0 heterocycles. The average Bonchev–Trinajstić information content (AvgIpc) is 2.48. The van der Waals surface area contributed by atoms with Gasteiger partial charge in [-0.05, 0) is 30.3 Å². The second-order valence-corrected chi connectivity index (χ2v) is 5.57. The zero-order valence-corrected chi connectivity index (χ0v) is 13.4. The first kappa shape index (κ1) is 15.8. The van der Waals surface area contributed by atoms with Crippen LogP contribution < -0.4 is 5.32 Å². The Morgan fingerprint density at radius 2 is 2.05 bits per heavy atom. The van der Waals surface area contributed by atoms with Crippen LogP contribution in [0.3, 0.4) is 0 Å². The second-order valence-electron chi connectivity index (χ2n) is 4.25. The first-order valence-electron chi connectivity index (χ1n) is 6.06. The molecular formula is C15H12BrClFNO2. The highest BCUT2D eigenvalue weighted by Gasteiger charge is 2.25. The molecule has 110 valence electrons. The Morgan fingerprint density at radius 3 is 2.71 bits per heavy atom. The molecule has 0 aliphatic heterocycles. The minimum Gasteiger partial charge on any atom is -0.467 e. The zero-order chi connectivity index (χ0) is 15.4. The van der Waals surface area contributed by atoms with Crippen LogP contribution in [0, 0.1) is 5.82 Å². The van der Waals surface area contributed by atoms with Gasteiger partial charge in [-0.1, -0.05) is 39.7 Å². The van der Waals surface area contributed by atoms with Crippen molar-refractivity contribution in [2.24, 2.45) is 0 Å². The molecule has 1 N–H and O–H groups in total. The molecule has 2 aromatic carbocycles. The highest BCUT2D eigenvalue weighted by molar-refractivity contribution is 9.10. The molecule has 0 saturated carbocycles. The molecule has 0 saturated heterocycles. The van der Waals surface area contributed by atoms with Crippen LogP contribution in [0.5, 0.6) is 0 Å². The lowest BCUT2D eigenvalue weighted by atomic mass is 10.1. The fourth-order valence-electron chi connectivity index (χ4n) is 1.85. The largest absolute Gasteiger partial charge is 0.467 e. The quantitative estimate of drug-likeness (QED) is 0.799. The van der Waals surface area contributed by atoms with Gasteiger partial charge >= 0.3 is 5.97 Å². The number of carbonyl (C=O) groups is 1. The monoisotopic (exact) mass is 371 g/mol. The average molecular weight is 373 g/mol. The Bertz CT molecular complexity index is 666. The van der Waals surface area contributed by atoms with Crippen LogP contribution in [0.25, 0.3) is 0 Å². The number of esters is 1. The first-order chi connectivity index (χ1) is 10.0. The molecule has 0 radical (unpaired) electrons. The van der Waals surface area contributed by atoms with E-state index in [0.29, 0.717) is 10.6 Å². The maximum atomic E-state index is 13.8. The van der Waals surface area contributed by atoms with E-state index in [9.17, 15) is 9.18 Å². The summed E-state index contributed by atoms with van der Waals surface area (Å²) in [5.41, 5.74) is 0.699.